The molecule has 0 bridgehead atoms. The van der Waals surface area contributed by atoms with E-state index in [1.165, 1.54) is 0 Å². The second-order valence-electron chi connectivity index (χ2n) is 4.53. The summed E-state index contributed by atoms with van der Waals surface area (Å²) in [6, 6.07) is 7.72. The first-order valence-corrected chi connectivity index (χ1v) is 6.64. The number of aromatic nitrogens is 1. The number of nitrogens with zero attached hydrogens (tertiary/aromatic N) is 1. The van der Waals surface area contributed by atoms with Crippen molar-refractivity contribution in [3.05, 3.63) is 41.7 Å². The van der Waals surface area contributed by atoms with Crippen LogP contribution in [0.15, 0.2) is 30.5 Å². The van der Waals surface area contributed by atoms with Crippen LogP contribution >= 0.6 is 0 Å². The first-order valence-electron chi connectivity index (χ1n) is 6.64. The largest absolute Gasteiger partial charge is 0.496 e. The molecule has 1 N–H and O–H groups in total. The van der Waals surface area contributed by atoms with Gasteiger partial charge in [0.05, 0.1) is 27.9 Å². The van der Waals surface area contributed by atoms with Crippen molar-refractivity contribution in [1.29, 1.82) is 0 Å². The minimum absolute atomic E-state index is 0.548. The SMILES string of the molecule is COc1ccc(NCc2nccc(OC)c2OC)cc1C. The molecule has 2 aromatic rings. The van der Waals surface area contributed by atoms with Crippen LogP contribution in [0.5, 0.6) is 17.2 Å². The molecular formula is C16H20N2O3. The van der Waals surface area contributed by atoms with Crippen LogP contribution in [0.1, 0.15) is 11.3 Å². The third kappa shape index (κ3) is 3.37. The van der Waals surface area contributed by atoms with Gasteiger partial charge in [0.1, 0.15) is 11.4 Å². The normalized spacial score (nSPS) is 10.1. The Labute approximate surface area is 124 Å². The molecule has 0 fully saturated rings. The van der Waals surface area contributed by atoms with Crippen LogP contribution in [0.2, 0.25) is 0 Å². The van der Waals surface area contributed by atoms with Gasteiger partial charge in [0, 0.05) is 18.0 Å². The minimum Gasteiger partial charge on any atom is -0.496 e. The highest BCUT2D eigenvalue weighted by molar-refractivity contribution is 5.52. The summed E-state index contributed by atoms with van der Waals surface area (Å²) in [6.45, 7) is 2.56. The zero-order valence-corrected chi connectivity index (χ0v) is 12.8. The zero-order chi connectivity index (χ0) is 15.2. The molecule has 0 saturated carbocycles. The summed E-state index contributed by atoms with van der Waals surface area (Å²) in [6.07, 6.45) is 1.71. The number of ether oxygens (including phenoxy) is 3. The average molecular weight is 288 g/mol. The lowest BCUT2D eigenvalue weighted by molar-refractivity contribution is 0.350. The van der Waals surface area contributed by atoms with Crippen molar-refractivity contribution in [1.82, 2.24) is 4.98 Å². The second-order valence-corrected chi connectivity index (χ2v) is 4.53. The molecule has 5 heteroatoms. The smallest absolute Gasteiger partial charge is 0.184 e. The van der Waals surface area contributed by atoms with Gasteiger partial charge in [0.15, 0.2) is 11.5 Å². The molecule has 0 radical (unpaired) electrons. The summed E-state index contributed by atoms with van der Waals surface area (Å²) >= 11 is 0. The third-order valence-electron chi connectivity index (χ3n) is 3.22. The summed E-state index contributed by atoms with van der Waals surface area (Å²) in [5.41, 5.74) is 2.87. The Hall–Kier alpha value is -2.43. The van der Waals surface area contributed by atoms with E-state index >= 15 is 0 Å². The van der Waals surface area contributed by atoms with E-state index in [1.54, 1.807) is 33.6 Å². The highest BCUT2D eigenvalue weighted by Gasteiger charge is 2.10. The van der Waals surface area contributed by atoms with Crippen LogP contribution in [0, 0.1) is 6.92 Å². The summed E-state index contributed by atoms with van der Waals surface area (Å²) in [5, 5.41) is 3.33. The van der Waals surface area contributed by atoms with Crippen molar-refractivity contribution in [3.8, 4) is 17.2 Å². The Kier molecular flexibility index (Phi) is 4.87. The van der Waals surface area contributed by atoms with Gasteiger partial charge in [-0.25, -0.2) is 0 Å². The van der Waals surface area contributed by atoms with Crippen molar-refractivity contribution >= 4 is 5.69 Å². The first kappa shape index (κ1) is 15.0. The number of pyridine rings is 1. The van der Waals surface area contributed by atoms with Crippen LogP contribution < -0.4 is 19.5 Å². The molecule has 0 spiro atoms. The fraction of sp³-hybridized carbons (Fsp3) is 0.312. The van der Waals surface area contributed by atoms with E-state index in [2.05, 4.69) is 10.3 Å². The molecule has 1 heterocycles. The van der Waals surface area contributed by atoms with Gasteiger partial charge >= 0.3 is 0 Å². The molecule has 0 atom stereocenters. The van der Waals surface area contributed by atoms with Crippen LogP contribution in [0.3, 0.4) is 0 Å². The summed E-state index contributed by atoms with van der Waals surface area (Å²) in [4.78, 5) is 4.34. The molecule has 0 amide bonds. The number of hydrogen-bond acceptors (Lipinski definition) is 5. The monoisotopic (exact) mass is 288 g/mol. The lowest BCUT2D eigenvalue weighted by Gasteiger charge is -2.13. The molecule has 1 aromatic carbocycles. The number of rotatable bonds is 6. The fourth-order valence-electron chi connectivity index (χ4n) is 2.15. The zero-order valence-electron chi connectivity index (χ0n) is 12.8. The molecule has 0 unspecified atom stereocenters. The quantitative estimate of drug-likeness (QED) is 0.885. The number of anilines is 1. The molecular weight excluding hydrogens is 268 g/mol. The highest BCUT2D eigenvalue weighted by atomic mass is 16.5. The Morgan fingerprint density at radius 3 is 2.38 bits per heavy atom. The molecule has 5 nitrogen and oxygen atoms in total. The maximum atomic E-state index is 5.37. The molecule has 0 aliphatic carbocycles. The van der Waals surface area contributed by atoms with E-state index in [0.717, 1.165) is 22.7 Å². The van der Waals surface area contributed by atoms with Crippen LogP contribution in [0.25, 0.3) is 0 Å². The van der Waals surface area contributed by atoms with Crippen LogP contribution in [0.4, 0.5) is 5.69 Å². The minimum atomic E-state index is 0.548. The molecule has 0 aliphatic rings. The van der Waals surface area contributed by atoms with E-state index in [0.29, 0.717) is 18.0 Å². The number of nitrogens with one attached hydrogen (secondary N) is 1. The molecule has 112 valence electrons. The molecule has 0 aliphatic heterocycles. The summed E-state index contributed by atoms with van der Waals surface area (Å²) < 4.78 is 15.9. The first-order chi connectivity index (χ1) is 10.2. The van der Waals surface area contributed by atoms with Gasteiger partial charge in [0.2, 0.25) is 0 Å². The number of methoxy groups -OCH3 is 3. The fourth-order valence-corrected chi connectivity index (χ4v) is 2.15. The average Bonchev–Trinajstić information content (AvgIpc) is 2.52. The van der Waals surface area contributed by atoms with Gasteiger partial charge in [0.25, 0.3) is 0 Å². The van der Waals surface area contributed by atoms with E-state index < -0.39 is 0 Å². The maximum absolute atomic E-state index is 5.37. The van der Waals surface area contributed by atoms with Crippen LogP contribution in [-0.2, 0) is 6.54 Å². The highest BCUT2D eigenvalue weighted by Crippen LogP contribution is 2.29. The van der Waals surface area contributed by atoms with E-state index in [1.807, 2.05) is 25.1 Å². The van der Waals surface area contributed by atoms with E-state index in [-0.39, 0.29) is 0 Å². The number of benzene rings is 1. The standard InChI is InChI=1S/C16H20N2O3/c1-11-9-12(5-6-14(11)19-2)18-10-13-16(21-4)15(20-3)7-8-17-13/h5-9,18H,10H2,1-4H3. The van der Waals surface area contributed by atoms with Gasteiger partial charge < -0.3 is 19.5 Å². The second kappa shape index (κ2) is 6.83. The van der Waals surface area contributed by atoms with E-state index in [9.17, 15) is 0 Å². The number of aryl methyl sites for hydroxylation is 1. The lowest BCUT2D eigenvalue weighted by atomic mass is 10.2. The van der Waals surface area contributed by atoms with Gasteiger partial charge in [-0.05, 0) is 30.7 Å². The van der Waals surface area contributed by atoms with Crippen molar-refractivity contribution in [2.75, 3.05) is 26.6 Å². The third-order valence-corrected chi connectivity index (χ3v) is 3.22. The van der Waals surface area contributed by atoms with Gasteiger partial charge in [-0.1, -0.05) is 0 Å². The Balaban J connectivity index is 2.15. The van der Waals surface area contributed by atoms with Crippen molar-refractivity contribution in [2.24, 2.45) is 0 Å². The predicted octanol–water partition coefficient (Wildman–Crippen LogP) is 3.03. The van der Waals surface area contributed by atoms with Gasteiger partial charge in [-0.3, -0.25) is 4.98 Å². The molecule has 0 saturated heterocycles. The Bertz CT molecular complexity index is 614. The van der Waals surface area contributed by atoms with Gasteiger partial charge in [-0.15, -0.1) is 0 Å². The maximum Gasteiger partial charge on any atom is 0.184 e. The molecule has 1 aromatic heterocycles. The Morgan fingerprint density at radius 2 is 1.76 bits per heavy atom. The molecule has 21 heavy (non-hydrogen) atoms. The summed E-state index contributed by atoms with van der Waals surface area (Å²) in [7, 11) is 4.89. The topological polar surface area (TPSA) is 52.6 Å². The van der Waals surface area contributed by atoms with Crippen molar-refractivity contribution in [2.45, 2.75) is 13.5 Å². The Morgan fingerprint density at radius 1 is 1.00 bits per heavy atom. The van der Waals surface area contributed by atoms with E-state index in [4.69, 9.17) is 14.2 Å². The van der Waals surface area contributed by atoms with Gasteiger partial charge in [-0.2, -0.15) is 0 Å². The van der Waals surface area contributed by atoms with Crippen molar-refractivity contribution < 1.29 is 14.2 Å². The lowest BCUT2D eigenvalue weighted by Crippen LogP contribution is -2.05. The molecule has 2 rings (SSSR count). The summed E-state index contributed by atoms with van der Waals surface area (Å²) in [5.74, 6) is 2.20. The predicted molar refractivity (Wildman–Crippen MR) is 82.4 cm³/mol. The van der Waals surface area contributed by atoms with Crippen molar-refractivity contribution in [3.63, 3.8) is 0 Å². The number of hydrogen-bond donors (Lipinski definition) is 1. The van der Waals surface area contributed by atoms with Crippen LogP contribution in [-0.4, -0.2) is 26.3 Å².